The number of hydrogen-bond acceptors (Lipinski definition) is 3. The lowest BCUT2D eigenvalue weighted by Gasteiger charge is -2.11. The van der Waals surface area contributed by atoms with Crippen molar-refractivity contribution in [2.24, 2.45) is 0 Å². The standard InChI is InChI=1S/C14H11F2NO3/c15-9-4-2-5-10(16)13(9)20-7-8-3-1-6-11(17)12(8)14(18)19/h1-6H,7,17H2,(H,18,19). The summed E-state index contributed by atoms with van der Waals surface area (Å²) in [6.45, 7) is -0.301. The van der Waals surface area contributed by atoms with Crippen LogP contribution in [-0.4, -0.2) is 11.1 Å². The van der Waals surface area contributed by atoms with Gasteiger partial charge >= 0.3 is 5.97 Å². The van der Waals surface area contributed by atoms with E-state index < -0.39 is 23.4 Å². The Morgan fingerprint density at radius 3 is 2.35 bits per heavy atom. The number of carboxylic acids is 1. The van der Waals surface area contributed by atoms with Gasteiger partial charge in [-0.25, -0.2) is 13.6 Å². The van der Waals surface area contributed by atoms with E-state index in [-0.39, 0.29) is 23.4 Å². The average Bonchev–Trinajstić information content (AvgIpc) is 2.37. The summed E-state index contributed by atoms with van der Waals surface area (Å²) in [5.41, 5.74) is 5.73. The number of hydrogen-bond donors (Lipinski definition) is 2. The summed E-state index contributed by atoms with van der Waals surface area (Å²) in [5.74, 6) is -3.49. The number of benzene rings is 2. The highest BCUT2D eigenvalue weighted by Gasteiger charge is 2.16. The number of halogens is 2. The van der Waals surface area contributed by atoms with E-state index >= 15 is 0 Å². The number of carboxylic acid groups (broad SMARTS) is 1. The molecule has 0 amide bonds. The number of carbonyl (C=O) groups is 1. The van der Waals surface area contributed by atoms with Gasteiger partial charge in [-0.15, -0.1) is 0 Å². The first-order valence-corrected chi connectivity index (χ1v) is 5.68. The van der Waals surface area contributed by atoms with Crippen molar-refractivity contribution < 1.29 is 23.4 Å². The fraction of sp³-hybridized carbons (Fsp3) is 0.0714. The van der Waals surface area contributed by atoms with Gasteiger partial charge in [0.1, 0.15) is 6.61 Å². The molecule has 2 aromatic carbocycles. The third-order valence-corrected chi connectivity index (χ3v) is 2.69. The molecule has 0 bridgehead atoms. The van der Waals surface area contributed by atoms with Crippen LogP contribution in [0, 0.1) is 11.6 Å². The molecule has 4 nitrogen and oxygen atoms in total. The largest absolute Gasteiger partial charge is 0.483 e. The normalized spacial score (nSPS) is 10.3. The van der Waals surface area contributed by atoms with Gasteiger partial charge in [-0.1, -0.05) is 18.2 Å². The Morgan fingerprint density at radius 2 is 1.75 bits per heavy atom. The Balaban J connectivity index is 2.28. The van der Waals surface area contributed by atoms with Gasteiger partial charge in [0.15, 0.2) is 17.4 Å². The molecule has 0 unspecified atom stereocenters. The third kappa shape index (κ3) is 2.69. The lowest BCUT2D eigenvalue weighted by atomic mass is 10.1. The Hall–Kier alpha value is -2.63. The highest BCUT2D eigenvalue weighted by atomic mass is 19.1. The first-order valence-electron chi connectivity index (χ1n) is 5.68. The molecule has 0 aliphatic carbocycles. The Labute approximate surface area is 113 Å². The van der Waals surface area contributed by atoms with Gasteiger partial charge in [-0.2, -0.15) is 0 Å². The molecule has 0 aliphatic heterocycles. The lowest BCUT2D eigenvalue weighted by molar-refractivity contribution is 0.0695. The molecule has 20 heavy (non-hydrogen) atoms. The van der Waals surface area contributed by atoms with E-state index in [0.717, 1.165) is 12.1 Å². The molecule has 0 saturated heterocycles. The second-order valence-electron chi connectivity index (χ2n) is 4.03. The minimum absolute atomic E-state index is 0.0626. The average molecular weight is 279 g/mol. The lowest BCUT2D eigenvalue weighted by Crippen LogP contribution is -2.09. The van der Waals surface area contributed by atoms with Crippen molar-refractivity contribution in [1.29, 1.82) is 0 Å². The molecule has 0 aliphatic rings. The SMILES string of the molecule is Nc1cccc(COc2c(F)cccc2F)c1C(=O)O. The predicted molar refractivity (Wildman–Crippen MR) is 68.5 cm³/mol. The molecule has 0 atom stereocenters. The van der Waals surface area contributed by atoms with E-state index in [1.165, 1.54) is 24.3 Å². The Bertz CT molecular complexity index is 639. The van der Waals surface area contributed by atoms with Crippen molar-refractivity contribution in [3.8, 4) is 5.75 Å². The van der Waals surface area contributed by atoms with Gasteiger partial charge in [-0.05, 0) is 18.2 Å². The molecule has 2 rings (SSSR count). The monoisotopic (exact) mass is 279 g/mol. The van der Waals surface area contributed by atoms with Crippen LogP contribution in [0.2, 0.25) is 0 Å². The molecule has 0 saturated carbocycles. The van der Waals surface area contributed by atoms with Crippen LogP contribution in [0.5, 0.6) is 5.75 Å². The number of aromatic carboxylic acids is 1. The topological polar surface area (TPSA) is 72.5 Å². The molecule has 104 valence electrons. The van der Waals surface area contributed by atoms with Gasteiger partial charge in [0.25, 0.3) is 0 Å². The summed E-state index contributed by atoms with van der Waals surface area (Å²) in [4.78, 5) is 11.1. The van der Waals surface area contributed by atoms with Crippen LogP contribution in [0.3, 0.4) is 0 Å². The second-order valence-corrected chi connectivity index (χ2v) is 4.03. The smallest absolute Gasteiger partial charge is 0.338 e. The molecular formula is C14H11F2NO3. The highest BCUT2D eigenvalue weighted by Crippen LogP contribution is 2.24. The van der Waals surface area contributed by atoms with E-state index in [9.17, 15) is 13.6 Å². The van der Waals surface area contributed by atoms with Crippen LogP contribution in [0.15, 0.2) is 36.4 Å². The van der Waals surface area contributed by atoms with E-state index in [4.69, 9.17) is 15.6 Å². The maximum atomic E-state index is 13.4. The van der Waals surface area contributed by atoms with Crippen LogP contribution in [-0.2, 0) is 6.61 Å². The quantitative estimate of drug-likeness (QED) is 0.844. The molecule has 0 radical (unpaired) electrons. The zero-order valence-electron chi connectivity index (χ0n) is 10.3. The van der Waals surface area contributed by atoms with E-state index in [1.807, 2.05) is 0 Å². The molecule has 0 spiro atoms. The summed E-state index contributed by atoms with van der Waals surface area (Å²) >= 11 is 0. The first kappa shape index (κ1) is 13.8. The van der Waals surface area contributed by atoms with Crippen LogP contribution in [0.4, 0.5) is 14.5 Å². The van der Waals surface area contributed by atoms with Crippen molar-refractivity contribution in [3.05, 3.63) is 59.2 Å². The summed E-state index contributed by atoms with van der Waals surface area (Å²) in [6.07, 6.45) is 0. The summed E-state index contributed by atoms with van der Waals surface area (Å²) in [7, 11) is 0. The molecule has 3 N–H and O–H groups in total. The fourth-order valence-corrected chi connectivity index (χ4v) is 1.77. The van der Waals surface area contributed by atoms with Crippen molar-refractivity contribution in [2.45, 2.75) is 6.61 Å². The van der Waals surface area contributed by atoms with Crippen molar-refractivity contribution >= 4 is 11.7 Å². The number of nitrogens with two attached hydrogens (primary N) is 1. The van der Waals surface area contributed by atoms with Gasteiger partial charge in [-0.3, -0.25) is 0 Å². The van der Waals surface area contributed by atoms with Gasteiger partial charge in [0, 0.05) is 11.3 Å². The zero-order chi connectivity index (χ0) is 14.7. The zero-order valence-corrected chi connectivity index (χ0v) is 10.3. The van der Waals surface area contributed by atoms with Gasteiger partial charge < -0.3 is 15.6 Å². The highest BCUT2D eigenvalue weighted by molar-refractivity contribution is 5.95. The van der Waals surface area contributed by atoms with Crippen LogP contribution in [0.1, 0.15) is 15.9 Å². The van der Waals surface area contributed by atoms with Crippen LogP contribution < -0.4 is 10.5 Å². The first-order chi connectivity index (χ1) is 9.50. The molecule has 0 heterocycles. The van der Waals surface area contributed by atoms with Gasteiger partial charge in [0.2, 0.25) is 0 Å². The fourth-order valence-electron chi connectivity index (χ4n) is 1.77. The van der Waals surface area contributed by atoms with Crippen molar-refractivity contribution in [2.75, 3.05) is 5.73 Å². The summed E-state index contributed by atoms with van der Waals surface area (Å²) < 4.78 is 31.8. The molecule has 0 aromatic heterocycles. The maximum absolute atomic E-state index is 13.4. The number of rotatable bonds is 4. The number of nitrogen functional groups attached to an aromatic ring is 1. The minimum Gasteiger partial charge on any atom is -0.483 e. The van der Waals surface area contributed by atoms with E-state index in [2.05, 4.69) is 0 Å². The number of ether oxygens (including phenoxy) is 1. The summed E-state index contributed by atoms with van der Waals surface area (Å²) in [6, 6.07) is 7.75. The molecule has 6 heteroatoms. The Morgan fingerprint density at radius 1 is 1.15 bits per heavy atom. The van der Waals surface area contributed by atoms with Crippen LogP contribution >= 0.6 is 0 Å². The Kier molecular flexibility index (Phi) is 3.84. The summed E-state index contributed by atoms with van der Waals surface area (Å²) in [5, 5.41) is 9.07. The molecule has 0 fully saturated rings. The minimum atomic E-state index is -1.23. The maximum Gasteiger partial charge on any atom is 0.338 e. The number of para-hydroxylation sites is 1. The predicted octanol–water partition coefficient (Wildman–Crippen LogP) is 2.82. The van der Waals surface area contributed by atoms with E-state index in [0.29, 0.717) is 0 Å². The van der Waals surface area contributed by atoms with E-state index in [1.54, 1.807) is 0 Å². The molecular weight excluding hydrogens is 268 g/mol. The third-order valence-electron chi connectivity index (χ3n) is 2.69. The number of anilines is 1. The van der Waals surface area contributed by atoms with Crippen molar-refractivity contribution in [1.82, 2.24) is 0 Å². The van der Waals surface area contributed by atoms with Crippen LogP contribution in [0.25, 0.3) is 0 Å². The second kappa shape index (κ2) is 5.56. The van der Waals surface area contributed by atoms with Crippen molar-refractivity contribution in [3.63, 3.8) is 0 Å². The van der Waals surface area contributed by atoms with Gasteiger partial charge in [0.05, 0.1) is 5.56 Å². The molecule has 2 aromatic rings.